The monoisotopic (exact) mass is 452 g/mol. The lowest BCUT2D eigenvalue weighted by molar-refractivity contribution is 0.0162. The van der Waals surface area contributed by atoms with E-state index in [1.54, 1.807) is 0 Å². The van der Waals surface area contributed by atoms with Crippen LogP contribution in [0.15, 0.2) is 54.6 Å². The number of rotatable bonds is 7. The summed E-state index contributed by atoms with van der Waals surface area (Å²) >= 11 is 6.08. The van der Waals surface area contributed by atoms with Gasteiger partial charge in [-0.15, -0.1) is 0 Å². The Morgan fingerprint density at radius 2 is 1.88 bits per heavy atom. The molecule has 3 aromatic rings. The Hall–Kier alpha value is -2.67. The Kier molecular flexibility index (Phi) is 7.25. The molecule has 0 bridgehead atoms. The van der Waals surface area contributed by atoms with E-state index in [1.165, 1.54) is 0 Å². The maximum Gasteiger partial charge on any atom is 0.251 e. The van der Waals surface area contributed by atoms with Gasteiger partial charge in [-0.05, 0) is 55.3 Å². The average Bonchev–Trinajstić information content (AvgIpc) is 3.12. The molecule has 2 aromatic carbocycles. The van der Waals surface area contributed by atoms with Crippen LogP contribution in [-0.4, -0.2) is 53.4 Å². The highest BCUT2D eigenvalue weighted by Crippen LogP contribution is 2.23. The second kappa shape index (κ2) is 10.3. The van der Waals surface area contributed by atoms with Gasteiger partial charge in [-0.25, -0.2) is 0 Å². The summed E-state index contributed by atoms with van der Waals surface area (Å²) in [6.07, 6.45) is 0. The number of aryl methyl sites for hydroxylation is 2. The van der Waals surface area contributed by atoms with Crippen LogP contribution in [0.2, 0.25) is 5.02 Å². The second-order valence-electron chi connectivity index (χ2n) is 8.21. The van der Waals surface area contributed by atoms with Crippen LogP contribution in [0.5, 0.6) is 0 Å². The molecule has 32 heavy (non-hydrogen) atoms. The predicted molar refractivity (Wildman–Crippen MR) is 126 cm³/mol. The number of carbonyl (C=O) groups is 1. The zero-order chi connectivity index (χ0) is 22.5. The first kappa shape index (κ1) is 22.5. The van der Waals surface area contributed by atoms with Gasteiger partial charge in [-0.1, -0.05) is 35.9 Å². The predicted octanol–water partition coefficient (Wildman–Crippen LogP) is 4.00. The number of nitrogens with zero attached hydrogens (tertiary/aromatic N) is 3. The minimum Gasteiger partial charge on any atom is -0.379 e. The topological polar surface area (TPSA) is 59.4 Å². The summed E-state index contributed by atoms with van der Waals surface area (Å²) in [5.41, 5.74) is 4.93. The van der Waals surface area contributed by atoms with Gasteiger partial charge in [-0.3, -0.25) is 14.4 Å². The van der Waals surface area contributed by atoms with E-state index >= 15 is 0 Å². The molecule has 1 N–H and O–H groups in total. The maximum absolute atomic E-state index is 13.0. The van der Waals surface area contributed by atoms with E-state index in [4.69, 9.17) is 16.3 Å². The fourth-order valence-electron chi connectivity index (χ4n) is 4.14. The summed E-state index contributed by atoms with van der Waals surface area (Å²) in [5, 5.41) is 8.37. The van der Waals surface area contributed by atoms with Crippen molar-refractivity contribution in [2.24, 2.45) is 0 Å². The van der Waals surface area contributed by atoms with Crippen molar-refractivity contribution in [3.8, 4) is 0 Å². The van der Waals surface area contributed by atoms with Gasteiger partial charge in [0.05, 0.1) is 31.5 Å². The molecule has 6 nitrogen and oxygen atoms in total. The molecule has 1 saturated heterocycles. The smallest absolute Gasteiger partial charge is 0.251 e. The summed E-state index contributed by atoms with van der Waals surface area (Å²) in [7, 11) is 0. The van der Waals surface area contributed by atoms with Gasteiger partial charge in [0, 0.05) is 35.9 Å². The zero-order valence-electron chi connectivity index (χ0n) is 18.6. The highest BCUT2D eigenvalue weighted by atomic mass is 35.5. The van der Waals surface area contributed by atoms with Crippen molar-refractivity contribution in [2.45, 2.75) is 26.4 Å². The van der Waals surface area contributed by atoms with E-state index in [1.807, 2.05) is 67.1 Å². The van der Waals surface area contributed by atoms with E-state index in [9.17, 15) is 4.79 Å². The molecule has 0 radical (unpaired) electrons. The Balaban J connectivity index is 1.45. The number of benzene rings is 2. The van der Waals surface area contributed by atoms with E-state index in [0.29, 0.717) is 36.9 Å². The van der Waals surface area contributed by atoms with Crippen molar-refractivity contribution in [3.63, 3.8) is 0 Å². The molecule has 1 fully saturated rings. The Morgan fingerprint density at radius 1 is 1.12 bits per heavy atom. The number of ether oxygens (including phenoxy) is 1. The van der Waals surface area contributed by atoms with Crippen molar-refractivity contribution in [1.82, 2.24) is 20.0 Å². The Labute approximate surface area is 194 Å². The maximum atomic E-state index is 13.0. The van der Waals surface area contributed by atoms with Gasteiger partial charge in [0.2, 0.25) is 0 Å². The quantitative estimate of drug-likeness (QED) is 0.588. The van der Waals surface area contributed by atoms with E-state index in [-0.39, 0.29) is 11.9 Å². The minimum absolute atomic E-state index is 0.0676. The zero-order valence-corrected chi connectivity index (χ0v) is 19.3. The van der Waals surface area contributed by atoms with Crippen LogP contribution in [0.3, 0.4) is 0 Å². The van der Waals surface area contributed by atoms with Crippen LogP contribution in [-0.2, 0) is 11.3 Å². The molecule has 1 amide bonds. The fourth-order valence-corrected chi connectivity index (χ4v) is 4.27. The molecule has 0 saturated carbocycles. The average molecular weight is 453 g/mol. The number of nitrogens with one attached hydrogen (secondary N) is 1. The lowest BCUT2D eigenvalue weighted by Gasteiger charge is -2.35. The Morgan fingerprint density at radius 3 is 2.56 bits per heavy atom. The van der Waals surface area contributed by atoms with E-state index in [2.05, 4.69) is 21.4 Å². The first-order chi connectivity index (χ1) is 15.5. The van der Waals surface area contributed by atoms with Gasteiger partial charge in [0.15, 0.2) is 0 Å². The number of hydrogen-bond acceptors (Lipinski definition) is 4. The van der Waals surface area contributed by atoms with Crippen LogP contribution >= 0.6 is 11.6 Å². The van der Waals surface area contributed by atoms with Gasteiger partial charge < -0.3 is 10.1 Å². The molecular formula is C25H29ClN4O2. The van der Waals surface area contributed by atoms with Gasteiger partial charge in [-0.2, -0.15) is 5.10 Å². The van der Waals surface area contributed by atoms with Crippen LogP contribution < -0.4 is 5.32 Å². The van der Waals surface area contributed by atoms with Crippen molar-refractivity contribution in [3.05, 3.63) is 87.7 Å². The number of hydrogen-bond donors (Lipinski definition) is 1. The summed E-state index contributed by atoms with van der Waals surface area (Å²) < 4.78 is 7.47. The van der Waals surface area contributed by atoms with E-state index in [0.717, 1.165) is 35.6 Å². The van der Waals surface area contributed by atoms with E-state index < -0.39 is 0 Å². The van der Waals surface area contributed by atoms with Crippen molar-refractivity contribution < 1.29 is 9.53 Å². The van der Waals surface area contributed by atoms with Crippen LogP contribution in [0.4, 0.5) is 0 Å². The van der Waals surface area contributed by atoms with Crippen LogP contribution in [0.25, 0.3) is 0 Å². The number of halogens is 1. The number of carbonyl (C=O) groups excluding carboxylic acids is 1. The summed E-state index contributed by atoms with van der Waals surface area (Å²) in [6, 6.07) is 17.7. The molecule has 1 unspecified atom stereocenters. The fraction of sp³-hybridized carbons (Fsp3) is 0.360. The SMILES string of the molecule is Cc1cc(C)n(Cc2cccc(C(=O)NCC(c3ccc(Cl)cc3)N3CCOCC3)c2)n1. The number of amides is 1. The lowest BCUT2D eigenvalue weighted by atomic mass is 10.0. The third kappa shape index (κ3) is 5.57. The third-order valence-electron chi connectivity index (χ3n) is 5.82. The summed E-state index contributed by atoms with van der Waals surface area (Å²) in [5.74, 6) is -0.0764. The van der Waals surface area contributed by atoms with Crippen LogP contribution in [0.1, 0.15) is 38.9 Å². The normalized spacial score (nSPS) is 15.5. The molecule has 168 valence electrons. The first-order valence-corrected chi connectivity index (χ1v) is 11.3. The largest absolute Gasteiger partial charge is 0.379 e. The molecule has 0 spiro atoms. The van der Waals surface area contributed by atoms with Gasteiger partial charge in [0.25, 0.3) is 5.91 Å². The molecular weight excluding hydrogens is 424 g/mol. The molecule has 1 atom stereocenters. The summed E-state index contributed by atoms with van der Waals surface area (Å²) in [4.78, 5) is 15.3. The molecule has 1 aromatic heterocycles. The van der Waals surface area contributed by atoms with Gasteiger partial charge in [0.1, 0.15) is 0 Å². The molecule has 2 heterocycles. The molecule has 4 rings (SSSR count). The lowest BCUT2D eigenvalue weighted by Crippen LogP contribution is -2.43. The summed E-state index contributed by atoms with van der Waals surface area (Å²) in [6.45, 7) is 8.25. The Bertz CT molecular complexity index is 1060. The molecule has 0 aliphatic carbocycles. The van der Waals surface area contributed by atoms with Crippen LogP contribution in [0, 0.1) is 13.8 Å². The number of morpholine rings is 1. The molecule has 7 heteroatoms. The van der Waals surface area contributed by atoms with Crippen molar-refractivity contribution in [1.29, 1.82) is 0 Å². The minimum atomic E-state index is -0.0764. The van der Waals surface area contributed by atoms with Gasteiger partial charge >= 0.3 is 0 Å². The first-order valence-electron chi connectivity index (χ1n) is 10.9. The standard InChI is InChI=1S/C25H29ClN4O2/c1-18-14-19(2)30(28-18)17-20-4-3-5-22(15-20)25(31)27-16-24(29-10-12-32-13-11-29)21-6-8-23(26)9-7-21/h3-9,14-15,24H,10-13,16-17H2,1-2H3,(H,27,31). The third-order valence-corrected chi connectivity index (χ3v) is 6.07. The van der Waals surface area contributed by atoms with Crippen molar-refractivity contribution >= 4 is 17.5 Å². The highest BCUT2D eigenvalue weighted by molar-refractivity contribution is 6.30. The second-order valence-corrected chi connectivity index (χ2v) is 8.65. The number of aromatic nitrogens is 2. The van der Waals surface area contributed by atoms with Crippen molar-refractivity contribution in [2.75, 3.05) is 32.8 Å². The molecule has 1 aliphatic heterocycles. The highest BCUT2D eigenvalue weighted by Gasteiger charge is 2.23. The molecule has 1 aliphatic rings.